The van der Waals surface area contributed by atoms with Gasteiger partial charge in [0, 0.05) is 6.54 Å². The van der Waals surface area contributed by atoms with Crippen molar-refractivity contribution in [1.29, 1.82) is 0 Å². The second-order valence-corrected chi connectivity index (χ2v) is 6.84. The molecule has 1 heterocycles. The van der Waals surface area contributed by atoms with Gasteiger partial charge >= 0.3 is 0 Å². The predicted molar refractivity (Wildman–Crippen MR) is 95.9 cm³/mol. The maximum absolute atomic E-state index is 13.8. The maximum Gasteiger partial charge on any atom is 0.282 e. The third kappa shape index (κ3) is 3.04. The molecule has 0 bridgehead atoms. The second kappa shape index (κ2) is 6.69. The molecular weight excluding hydrogens is 323 g/mol. The van der Waals surface area contributed by atoms with Crippen molar-refractivity contribution in [3.63, 3.8) is 0 Å². The third-order valence-corrected chi connectivity index (χ3v) is 5.09. The minimum atomic E-state index is -0.543. The van der Waals surface area contributed by atoms with Crippen LogP contribution in [0.25, 0.3) is 10.2 Å². The van der Waals surface area contributed by atoms with Crippen LogP contribution < -0.4 is 4.80 Å². The molecule has 3 aromatic rings. The number of halogens is 1. The molecule has 0 saturated carbocycles. The number of nitrogens with zero attached hydrogens (tertiary/aromatic N) is 2. The molecule has 0 atom stereocenters. The highest BCUT2D eigenvalue weighted by Gasteiger charge is 2.13. The van der Waals surface area contributed by atoms with Crippen LogP contribution >= 0.6 is 11.3 Å². The Morgan fingerprint density at radius 1 is 1.25 bits per heavy atom. The molecule has 0 unspecified atom stereocenters. The van der Waals surface area contributed by atoms with Gasteiger partial charge < -0.3 is 4.57 Å². The van der Waals surface area contributed by atoms with E-state index in [9.17, 15) is 9.18 Å². The number of aryl methyl sites for hydroxylation is 3. The number of carbonyl (C=O) groups is 1. The zero-order valence-corrected chi connectivity index (χ0v) is 14.8. The molecule has 1 amide bonds. The summed E-state index contributed by atoms with van der Waals surface area (Å²) in [6.45, 7) is 6.97. The van der Waals surface area contributed by atoms with Gasteiger partial charge in [-0.25, -0.2) is 4.39 Å². The van der Waals surface area contributed by atoms with Crippen LogP contribution in [0.5, 0.6) is 0 Å². The Bertz CT molecular complexity index is 985. The normalized spacial score (nSPS) is 12.1. The molecule has 0 aliphatic heterocycles. The van der Waals surface area contributed by atoms with E-state index in [1.807, 2.05) is 0 Å². The quantitative estimate of drug-likeness (QED) is 0.684. The lowest BCUT2D eigenvalue weighted by Gasteiger charge is -2.05. The molecule has 3 rings (SSSR count). The fraction of sp³-hybridized carbons (Fsp3) is 0.263. The lowest BCUT2D eigenvalue weighted by molar-refractivity contribution is 0.0994. The minimum absolute atomic E-state index is 0.00547. The van der Waals surface area contributed by atoms with E-state index in [1.54, 1.807) is 12.1 Å². The van der Waals surface area contributed by atoms with Crippen molar-refractivity contribution in [1.82, 2.24) is 4.57 Å². The fourth-order valence-electron chi connectivity index (χ4n) is 2.82. The third-order valence-electron chi connectivity index (χ3n) is 3.86. The van der Waals surface area contributed by atoms with E-state index in [1.165, 1.54) is 34.6 Å². The highest BCUT2D eigenvalue weighted by molar-refractivity contribution is 7.16. The van der Waals surface area contributed by atoms with E-state index in [0.29, 0.717) is 4.80 Å². The molecule has 0 fully saturated rings. The summed E-state index contributed by atoms with van der Waals surface area (Å²) in [5.41, 5.74) is 3.43. The highest BCUT2D eigenvalue weighted by atomic mass is 32.1. The fourth-order valence-corrected chi connectivity index (χ4v) is 3.92. The Labute approximate surface area is 144 Å². The molecule has 1 aromatic heterocycles. The van der Waals surface area contributed by atoms with Crippen LogP contribution in [-0.4, -0.2) is 10.5 Å². The van der Waals surface area contributed by atoms with Crippen LogP contribution in [-0.2, 0) is 6.54 Å². The standard InChI is InChI=1S/C19H19FN2OS/c1-4-9-22-16-11-12(2)10-13(3)17(16)24-19(22)21-18(23)14-7-5-6-8-15(14)20/h5-8,10-11H,4,9H2,1-3H3. The molecule has 0 aliphatic carbocycles. The Morgan fingerprint density at radius 2 is 2.00 bits per heavy atom. The molecule has 0 aliphatic rings. The lowest BCUT2D eigenvalue weighted by atomic mass is 10.1. The van der Waals surface area contributed by atoms with Crippen LogP contribution in [0.15, 0.2) is 41.4 Å². The Hall–Kier alpha value is -2.27. The molecule has 0 radical (unpaired) electrons. The average molecular weight is 342 g/mol. The van der Waals surface area contributed by atoms with Gasteiger partial charge in [0.15, 0.2) is 4.80 Å². The van der Waals surface area contributed by atoms with Gasteiger partial charge in [-0.05, 0) is 49.6 Å². The van der Waals surface area contributed by atoms with Gasteiger partial charge in [0.05, 0.1) is 15.8 Å². The SMILES string of the molecule is CCCn1c(=NC(=O)c2ccccc2F)sc2c(C)cc(C)cc21. The number of amides is 1. The summed E-state index contributed by atoms with van der Waals surface area (Å²) >= 11 is 1.48. The van der Waals surface area contributed by atoms with E-state index in [-0.39, 0.29) is 5.56 Å². The predicted octanol–water partition coefficient (Wildman–Crippen LogP) is 4.61. The average Bonchev–Trinajstić information content (AvgIpc) is 2.86. The molecular formula is C19H19FN2OS. The smallest absolute Gasteiger partial charge is 0.282 e. The molecule has 0 spiro atoms. The van der Waals surface area contributed by atoms with E-state index in [4.69, 9.17) is 0 Å². The van der Waals surface area contributed by atoms with Crippen molar-refractivity contribution in [2.75, 3.05) is 0 Å². The highest BCUT2D eigenvalue weighted by Crippen LogP contribution is 2.23. The first kappa shape index (κ1) is 16.6. The number of aromatic nitrogens is 1. The van der Waals surface area contributed by atoms with Crippen LogP contribution in [0.4, 0.5) is 4.39 Å². The van der Waals surface area contributed by atoms with Gasteiger partial charge in [0.2, 0.25) is 0 Å². The summed E-state index contributed by atoms with van der Waals surface area (Å²) in [6.07, 6.45) is 0.930. The van der Waals surface area contributed by atoms with Gasteiger partial charge in [-0.3, -0.25) is 4.79 Å². The summed E-state index contributed by atoms with van der Waals surface area (Å²) in [5.74, 6) is -1.08. The van der Waals surface area contributed by atoms with Crippen molar-refractivity contribution in [2.45, 2.75) is 33.7 Å². The molecule has 24 heavy (non-hydrogen) atoms. The first-order valence-electron chi connectivity index (χ1n) is 7.95. The summed E-state index contributed by atoms with van der Waals surface area (Å²) in [4.78, 5) is 17.2. The number of rotatable bonds is 3. The van der Waals surface area contributed by atoms with Crippen molar-refractivity contribution >= 4 is 27.5 Å². The van der Waals surface area contributed by atoms with E-state index in [0.717, 1.165) is 23.2 Å². The van der Waals surface area contributed by atoms with Crippen LogP contribution in [0.3, 0.4) is 0 Å². The zero-order chi connectivity index (χ0) is 17.3. The van der Waals surface area contributed by atoms with Crippen LogP contribution in [0.2, 0.25) is 0 Å². The van der Waals surface area contributed by atoms with Crippen molar-refractivity contribution in [3.05, 3.63) is 63.7 Å². The number of thiazole rings is 1. The van der Waals surface area contributed by atoms with Crippen LogP contribution in [0, 0.1) is 19.7 Å². The zero-order valence-electron chi connectivity index (χ0n) is 14.0. The monoisotopic (exact) mass is 342 g/mol. The maximum atomic E-state index is 13.8. The summed E-state index contributed by atoms with van der Waals surface area (Å²) < 4.78 is 17.0. The molecule has 0 saturated heterocycles. The van der Waals surface area contributed by atoms with Gasteiger partial charge in [-0.15, -0.1) is 0 Å². The summed E-state index contributed by atoms with van der Waals surface area (Å²) in [7, 11) is 0. The number of hydrogen-bond acceptors (Lipinski definition) is 2. The molecule has 0 N–H and O–H groups in total. The van der Waals surface area contributed by atoms with Gasteiger partial charge in [0.1, 0.15) is 5.82 Å². The topological polar surface area (TPSA) is 34.4 Å². The largest absolute Gasteiger partial charge is 0.316 e. The van der Waals surface area contributed by atoms with E-state index < -0.39 is 11.7 Å². The second-order valence-electron chi connectivity index (χ2n) is 5.86. The molecule has 5 heteroatoms. The van der Waals surface area contributed by atoms with Crippen LogP contribution in [0.1, 0.15) is 34.8 Å². The number of carbonyl (C=O) groups excluding carboxylic acids is 1. The molecule has 3 nitrogen and oxygen atoms in total. The molecule has 2 aromatic carbocycles. The Kier molecular flexibility index (Phi) is 4.62. The minimum Gasteiger partial charge on any atom is -0.316 e. The first-order valence-corrected chi connectivity index (χ1v) is 8.77. The van der Waals surface area contributed by atoms with E-state index in [2.05, 4.69) is 42.5 Å². The van der Waals surface area contributed by atoms with Gasteiger partial charge in [-0.1, -0.05) is 36.5 Å². The summed E-state index contributed by atoms with van der Waals surface area (Å²) in [5, 5.41) is 0. The number of hydrogen-bond donors (Lipinski definition) is 0. The Morgan fingerprint density at radius 3 is 2.71 bits per heavy atom. The van der Waals surface area contributed by atoms with Gasteiger partial charge in [-0.2, -0.15) is 4.99 Å². The summed E-state index contributed by atoms with van der Waals surface area (Å²) in [6, 6.07) is 10.2. The lowest BCUT2D eigenvalue weighted by Crippen LogP contribution is -2.17. The van der Waals surface area contributed by atoms with Crippen molar-refractivity contribution in [3.8, 4) is 0 Å². The van der Waals surface area contributed by atoms with E-state index >= 15 is 0 Å². The molecule has 124 valence electrons. The number of benzene rings is 2. The van der Waals surface area contributed by atoms with Crippen molar-refractivity contribution in [2.24, 2.45) is 4.99 Å². The number of fused-ring (bicyclic) bond motifs is 1. The Balaban J connectivity index is 2.22. The first-order chi connectivity index (χ1) is 11.5. The van der Waals surface area contributed by atoms with Gasteiger partial charge in [0.25, 0.3) is 5.91 Å². The van der Waals surface area contributed by atoms with Crippen molar-refractivity contribution < 1.29 is 9.18 Å².